The molecule has 2 N–H and O–H groups in total. The van der Waals surface area contributed by atoms with Crippen molar-refractivity contribution in [2.45, 2.75) is 44.6 Å². The monoisotopic (exact) mass is 296 g/mol. The quantitative estimate of drug-likeness (QED) is 0.854. The molecule has 1 aromatic rings. The highest BCUT2D eigenvalue weighted by Gasteiger charge is 2.37. The fraction of sp³-hybridized carbons (Fsp3) is 0.643. The van der Waals surface area contributed by atoms with Crippen LogP contribution in [0.25, 0.3) is 0 Å². The van der Waals surface area contributed by atoms with Crippen LogP contribution in [0.4, 0.5) is 0 Å². The summed E-state index contributed by atoms with van der Waals surface area (Å²) >= 11 is 0. The molecule has 0 saturated carbocycles. The number of amides is 1. The van der Waals surface area contributed by atoms with Crippen LogP contribution in [-0.4, -0.2) is 40.9 Å². The number of hydrogen-bond donors (Lipinski definition) is 2. The van der Waals surface area contributed by atoms with Crippen molar-refractivity contribution >= 4 is 11.9 Å². The van der Waals surface area contributed by atoms with Crippen LogP contribution >= 0.6 is 0 Å². The molecule has 1 aromatic heterocycles. The Hall–Kier alpha value is -1.89. The fourth-order valence-electron chi connectivity index (χ4n) is 2.37. The van der Waals surface area contributed by atoms with Gasteiger partial charge in [0, 0.05) is 19.3 Å². The third-order valence-corrected chi connectivity index (χ3v) is 3.66. The summed E-state index contributed by atoms with van der Waals surface area (Å²) in [6.07, 6.45) is 0.805. The standard InChI is InChI=1S/C14H20N2O5/c1-9(2)10-7-11(21-16-10)13(19)15-14(8-12(17)18)3-5-20-6-4-14/h7,9H,3-6,8H2,1-2H3,(H,15,19)(H,17,18). The number of carbonyl (C=O) groups excluding carboxylic acids is 1. The van der Waals surface area contributed by atoms with Crippen molar-refractivity contribution in [3.8, 4) is 0 Å². The third-order valence-electron chi connectivity index (χ3n) is 3.66. The van der Waals surface area contributed by atoms with Gasteiger partial charge in [0.15, 0.2) is 0 Å². The molecule has 2 heterocycles. The molecular weight excluding hydrogens is 276 g/mol. The number of carboxylic acids is 1. The van der Waals surface area contributed by atoms with Gasteiger partial charge in [0.2, 0.25) is 5.76 Å². The molecule has 1 aliphatic heterocycles. The smallest absolute Gasteiger partial charge is 0.305 e. The van der Waals surface area contributed by atoms with E-state index in [2.05, 4.69) is 10.5 Å². The summed E-state index contributed by atoms with van der Waals surface area (Å²) in [6, 6.07) is 1.59. The summed E-state index contributed by atoms with van der Waals surface area (Å²) in [5.41, 5.74) is -0.0919. The second kappa shape index (κ2) is 6.26. The van der Waals surface area contributed by atoms with Gasteiger partial charge in [0.1, 0.15) is 0 Å². The van der Waals surface area contributed by atoms with Gasteiger partial charge < -0.3 is 19.7 Å². The molecule has 116 valence electrons. The van der Waals surface area contributed by atoms with Crippen LogP contribution in [0.3, 0.4) is 0 Å². The summed E-state index contributed by atoms with van der Waals surface area (Å²) in [6.45, 7) is 4.76. The molecule has 7 nitrogen and oxygen atoms in total. The second-order valence-electron chi connectivity index (χ2n) is 5.69. The summed E-state index contributed by atoms with van der Waals surface area (Å²) in [7, 11) is 0. The Morgan fingerprint density at radius 2 is 2.10 bits per heavy atom. The van der Waals surface area contributed by atoms with Gasteiger partial charge in [0.25, 0.3) is 5.91 Å². The maximum atomic E-state index is 12.3. The van der Waals surface area contributed by atoms with Crippen molar-refractivity contribution in [1.82, 2.24) is 10.5 Å². The molecule has 0 aromatic carbocycles. The molecule has 0 bridgehead atoms. The predicted octanol–water partition coefficient (Wildman–Crippen LogP) is 1.55. The first-order valence-electron chi connectivity index (χ1n) is 7.00. The zero-order chi connectivity index (χ0) is 15.5. The van der Waals surface area contributed by atoms with Crippen molar-refractivity contribution < 1.29 is 24.0 Å². The number of rotatable bonds is 5. The van der Waals surface area contributed by atoms with E-state index in [0.29, 0.717) is 31.7 Å². The van der Waals surface area contributed by atoms with Crippen LogP contribution < -0.4 is 5.32 Å². The average molecular weight is 296 g/mol. The van der Waals surface area contributed by atoms with Crippen LogP contribution in [0.15, 0.2) is 10.6 Å². The van der Waals surface area contributed by atoms with Crippen LogP contribution in [-0.2, 0) is 9.53 Å². The first kappa shape index (κ1) is 15.5. The normalized spacial score (nSPS) is 17.7. The highest BCUT2D eigenvalue weighted by atomic mass is 16.5. The van der Waals surface area contributed by atoms with Gasteiger partial charge in [-0.2, -0.15) is 0 Å². The Labute approximate surface area is 122 Å². The van der Waals surface area contributed by atoms with Crippen LogP contribution in [0, 0.1) is 0 Å². The summed E-state index contributed by atoms with van der Waals surface area (Å²) < 4.78 is 10.3. The summed E-state index contributed by atoms with van der Waals surface area (Å²) in [5, 5.41) is 15.7. The fourth-order valence-corrected chi connectivity index (χ4v) is 2.37. The molecule has 1 fully saturated rings. The minimum Gasteiger partial charge on any atom is -0.481 e. The first-order chi connectivity index (χ1) is 9.92. The van der Waals surface area contributed by atoms with E-state index >= 15 is 0 Å². The lowest BCUT2D eigenvalue weighted by Gasteiger charge is -2.36. The molecule has 0 atom stereocenters. The molecule has 0 unspecified atom stereocenters. The third kappa shape index (κ3) is 3.81. The van der Waals surface area contributed by atoms with Gasteiger partial charge >= 0.3 is 5.97 Å². The lowest BCUT2D eigenvalue weighted by Crippen LogP contribution is -2.53. The largest absolute Gasteiger partial charge is 0.481 e. The maximum Gasteiger partial charge on any atom is 0.305 e. The minimum absolute atomic E-state index is 0.106. The predicted molar refractivity (Wildman–Crippen MR) is 73.1 cm³/mol. The van der Waals surface area contributed by atoms with E-state index in [1.165, 1.54) is 0 Å². The molecule has 1 aliphatic rings. The molecule has 7 heteroatoms. The van der Waals surface area contributed by atoms with E-state index in [9.17, 15) is 9.59 Å². The van der Waals surface area contributed by atoms with Gasteiger partial charge in [-0.15, -0.1) is 0 Å². The Morgan fingerprint density at radius 3 is 2.62 bits per heavy atom. The zero-order valence-corrected chi connectivity index (χ0v) is 12.2. The molecule has 0 aliphatic carbocycles. The van der Waals surface area contributed by atoms with E-state index in [4.69, 9.17) is 14.4 Å². The van der Waals surface area contributed by atoms with Crippen LogP contribution in [0.2, 0.25) is 0 Å². The van der Waals surface area contributed by atoms with Crippen molar-refractivity contribution in [2.75, 3.05) is 13.2 Å². The molecular formula is C14H20N2O5. The SMILES string of the molecule is CC(C)c1cc(C(=O)NC2(CC(=O)O)CCOCC2)on1. The number of nitrogens with zero attached hydrogens (tertiary/aromatic N) is 1. The first-order valence-corrected chi connectivity index (χ1v) is 7.00. The summed E-state index contributed by atoms with van der Waals surface area (Å²) in [4.78, 5) is 23.3. The lowest BCUT2D eigenvalue weighted by atomic mass is 9.86. The Kier molecular flexibility index (Phi) is 4.62. The van der Waals surface area contributed by atoms with Crippen molar-refractivity contribution in [1.29, 1.82) is 0 Å². The number of aliphatic carboxylic acids is 1. The molecule has 21 heavy (non-hydrogen) atoms. The number of hydrogen-bond acceptors (Lipinski definition) is 5. The van der Waals surface area contributed by atoms with Gasteiger partial charge in [-0.1, -0.05) is 19.0 Å². The molecule has 0 spiro atoms. The number of ether oxygens (including phenoxy) is 1. The Morgan fingerprint density at radius 1 is 1.43 bits per heavy atom. The molecule has 0 radical (unpaired) electrons. The van der Waals surface area contributed by atoms with E-state index in [-0.39, 0.29) is 18.1 Å². The van der Waals surface area contributed by atoms with Gasteiger partial charge in [-0.25, -0.2) is 0 Å². The number of carbonyl (C=O) groups is 2. The number of nitrogens with one attached hydrogen (secondary N) is 1. The van der Waals surface area contributed by atoms with Gasteiger partial charge in [-0.3, -0.25) is 9.59 Å². The van der Waals surface area contributed by atoms with Gasteiger partial charge in [0.05, 0.1) is 17.7 Å². The molecule has 1 saturated heterocycles. The van der Waals surface area contributed by atoms with Crippen LogP contribution in [0.5, 0.6) is 0 Å². The molecule has 2 rings (SSSR count). The van der Waals surface area contributed by atoms with Gasteiger partial charge in [-0.05, 0) is 18.8 Å². The highest BCUT2D eigenvalue weighted by Crippen LogP contribution is 2.25. The Balaban J connectivity index is 2.11. The van der Waals surface area contributed by atoms with Crippen molar-refractivity contribution in [3.63, 3.8) is 0 Å². The Bertz CT molecular complexity index is 517. The van der Waals surface area contributed by atoms with E-state index in [1.54, 1.807) is 6.07 Å². The van der Waals surface area contributed by atoms with E-state index in [0.717, 1.165) is 0 Å². The van der Waals surface area contributed by atoms with E-state index < -0.39 is 17.4 Å². The number of aromatic nitrogens is 1. The highest BCUT2D eigenvalue weighted by molar-refractivity contribution is 5.92. The second-order valence-corrected chi connectivity index (χ2v) is 5.69. The minimum atomic E-state index is -0.947. The zero-order valence-electron chi connectivity index (χ0n) is 12.2. The molecule has 1 amide bonds. The van der Waals surface area contributed by atoms with E-state index in [1.807, 2.05) is 13.8 Å². The lowest BCUT2D eigenvalue weighted by molar-refractivity contribution is -0.139. The maximum absolute atomic E-state index is 12.3. The average Bonchev–Trinajstić information content (AvgIpc) is 2.88. The van der Waals surface area contributed by atoms with Crippen molar-refractivity contribution in [2.24, 2.45) is 0 Å². The summed E-state index contributed by atoms with van der Waals surface area (Å²) in [5.74, 6) is -1.11. The topological polar surface area (TPSA) is 102 Å². The van der Waals surface area contributed by atoms with Crippen molar-refractivity contribution in [3.05, 3.63) is 17.5 Å². The van der Waals surface area contributed by atoms with Crippen LogP contribution in [0.1, 0.15) is 55.3 Å². The number of carboxylic acid groups (broad SMARTS) is 1.